The summed E-state index contributed by atoms with van der Waals surface area (Å²) in [6, 6.07) is 21.0. The molecule has 33 heavy (non-hydrogen) atoms. The summed E-state index contributed by atoms with van der Waals surface area (Å²) in [5.74, 6) is 0.184. The molecule has 7 heteroatoms. The van der Waals surface area contributed by atoms with Gasteiger partial charge in [0.1, 0.15) is 21.8 Å². The number of halogens is 1. The fourth-order valence-corrected chi connectivity index (χ4v) is 5.01. The monoisotopic (exact) mass is 489 g/mol. The SMILES string of the molecule is CC(C)c1ccc(C=C(C#N)c2nc(-c3cccs3)c(NC(=O)c3ccc(Cl)cc3)s2)cc1. The van der Waals surface area contributed by atoms with E-state index in [0.717, 1.165) is 10.4 Å². The fourth-order valence-electron chi connectivity index (χ4n) is 3.16. The molecule has 4 aromatic rings. The van der Waals surface area contributed by atoms with E-state index in [2.05, 4.69) is 37.4 Å². The molecule has 0 saturated heterocycles. The molecule has 0 spiro atoms. The van der Waals surface area contributed by atoms with Crippen LogP contribution >= 0.6 is 34.3 Å². The van der Waals surface area contributed by atoms with E-state index in [1.54, 1.807) is 24.3 Å². The van der Waals surface area contributed by atoms with E-state index in [4.69, 9.17) is 16.6 Å². The van der Waals surface area contributed by atoms with Crippen molar-refractivity contribution in [3.05, 3.63) is 92.8 Å². The van der Waals surface area contributed by atoms with Crippen molar-refractivity contribution >= 4 is 56.8 Å². The van der Waals surface area contributed by atoms with Crippen LogP contribution in [0.2, 0.25) is 5.02 Å². The molecule has 0 radical (unpaired) electrons. The highest BCUT2D eigenvalue weighted by atomic mass is 35.5. The highest BCUT2D eigenvalue weighted by Gasteiger charge is 2.19. The van der Waals surface area contributed by atoms with Crippen molar-refractivity contribution in [2.45, 2.75) is 19.8 Å². The van der Waals surface area contributed by atoms with Crippen LogP contribution < -0.4 is 5.32 Å². The van der Waals surface area contributed by atoms with Crippen LogP contribution in [-0.2, 0) is 0 Å². The number of amides is 1. The molecule has 0 unspecified atom stereocenters. The maximum absolute atomic E-state index is 12.8. The number of thiazole rings is 1. The smallest absolute Gasteiger partial charge is 0.256 e. The second-order valence-corrected chi connectivity index (χ2v) is 10.0. The lowest BCUT2D eigenvalue weighted by atomic mass is 10.0. The Labute approximate surface area is 205 Å². The number of thiophene rings is 1. The number of nitrogens with zero attached hydrogens (tertiary/aromatic N) is 2. The Morgan fingerprint density at radius 1 is 1.12 bits per heavy atom. The zero-order valence-electron chi connectivity index (χ0n) is 18.0. The summed E-state index contributed by atoms with van der Waals surface area (Å²) in [5, 5.41) is 16.5. The molecule has 2 aromatic carbocycles. The molecule has 0 aliphatic carbocycles. The van der Waals surface area contributed by atoms with Gasteiger partial charge >= 0.3 is 0 Å². The molecule has 0 aliphatic rings. The summed E-state index contributed by atoms with van der Waals surface area (Å²) in [6.07, 6.45) is 1.83. The van der Waals surface area contributed by atoms with Gasteiger partial charge in [0, 0.05) is 10.6 Å². The normalized spacial score (nSPS) is 11.4. The van der Waals surface area contributed by atoms with E-state index >= 15 is 0 Å². The molecule has 2 heterocycles. The second kappa shape index (κ2) is 10.1. The van der Waals surface area contributed by atoms with E-state index in [1.165, 1.54) is 28.2 Å². The zero-order valence-corrected chi connectivity index (χ0v) is 20.4. The number of allylic oxidation sites excluding steroid dienone is 1. The third kappa shape index (κ3) is 5.40. The number of rotatable bonds is 6. The van der Waals surface area contributed by atoms with Gasteiger partial charge in [-0.05, 0) is 58.8 Å². The van der Waals surface area contributed by atoms with E-state index < -0.39 is 0 Å². The quantitative estimate of drug-likeness (QED) is 0.279. The van der Waals surface area contributed by atoms with Gasteiger partial charge in [-0.15, -0.1) is 11.3 Å². The Kier molecular flexibility index (Phi) is 7.05. The van der Waals surface area contributed by atoms with Crippen LogP contribution in [-0.4, -0.2) is 10.9 Å². The number of hydrogen-bond acceptors (Lipinski definition) is 5. The number of nitrogens with one attached hydrogen (secondary N) is 1. The topological polar surface area (TPSA) is 65.8 Å². The van der Waals surface area contributed by atoms with Crippen LogP contribution in [0.4, 0.5) is 5.00 Å². The number of carbonyl (C=O) groups excluding carboxylic acids is 1. The van der Waals surface area contributed by atoms with Gasteiger partial charge in [0.2, 0.25) is 0 Å². The fraction of sp³-hybridized carbons (Fsp3) is 0.115. The van der Waals surface area contributed by atoms with Crippen molar-refractivity contribution in [2.75, 3.05) is 5.32 Å². The second-order valence-electron chi connectivity index (χ2n) is 7.63. The Bertz CT molecular complexity index is 1330. The van der Waals surface area contributed by atoms with Gasteiger partial charge in [-0.3, -0.25) is 4.79 Å². The van der Waals surface area contributed by atoms with Gasteiger partial charge < -0.3 is 5.32 Å². The molecule has 164 valence electrons. The van der Waals surface area contributed by atoms with Gasteiger partial charge in [-0.25, -0.2) is 4.98 Å². The lowest BCUT2D eigenvalue weighted by molar-refractivity contribution is 0.102. The van der Waals surface area contributed by atoms with Crippen molar-refractivity contribution in [1.82, 2.24) is 4.98 Å². The molecule has 2 aromatic heterocycles. The minimum atomic E-state index is -0.258. The highest BCUT2D eigenvalue weighted by Crippen LogP contribution is 2.38. The minimum absolute atomic E-state index is 0.258. The van der Waals surface area contributed by atoms with Crippen LogP contribution in [0.5, 0.6) is 0 Å². The first-order valence-corrected chi connectivity index (χ1v) is 12.4. The lowest BCUT2D eigenvalue weighted by Gasteiger charge is -2.05. The average molecular weight is 490 g/mol. The molecule has 0 aliphatic heterocycles. The Morgan fingerprint density at radius 3 is 2.45 bits per heavy atom. The van der Waals surface area contributed by atoms with Gasteiger partial charge in [0.25, 0.3) is 5.91 Å². The molecule has 1 amide bonds. The Balaban J connectivity index is 1.69. The van der Waals surface area contributed by atoms with Crippen molar-refractivity contribution in [2.24, 2.45) is 0 Å². The summed E-state index contributed by atoms with van der Waals surface area (Å²) >= 11 is 8.76. The number of nitriles is 1. The first-order chi connectivity index (χ1) is 15.9. The van der Waals surface area contributed by atoms with Crippen LogP contribution in [0.25, 0.3) is 22.2 Å². The predicted octanol–water partition coefficient (Wildman–Crippen LogP) is 7.96. The summed E-state index contributed by atoms with van der Waals surface area (Å²) in [7, 11) is 0. The molecule has 0 atom stereocenters. The number of hydrogen-bond donors (Lipinski definition) is 1. The van der Waals surface area contributed by atoms with E-state index in [-0.39, 0.29) is 5.91 Å². The Morgan fingerprint density at radius 2 is 1.85 bits per heavy atom. The van der Waals surface area contributed by atoms with Crippen LogP contribution in [0.15, 0.2) is 66.0 Å². The van der Waals surface area contributed by atoms with Gasteiger partial charge in [-0.1, -0.05) is 67.1 Å². The van der Waals surface area contributed by atoms with E-state index in [9.17, 15) is 10.1 Å². The first kappa shape index (κ1) is 22.9. The third-order valence-electron chi connectivity index (χ3n) is 4.98. The molecular weight excluding hydrogens is 470 g/mol. The number of anilines is 1. The van der Waals surface area contributed by atoms with Crippen molar-refractivity contribution in [3.63, 3.8) is 0 Å². The highest BCUT2D eigenvalue weighted by molar-refractivity contribution is 7.19. The van der Waals surface area contributed by atoms with Crippen LogP contribution in [0.3, 0.4) is 0 Å². The summed E-state index contributed by atoms with van der Waals surface area (Å²) < 4.78 is 0. The number of benzene rings is 2. The van der Waals surface area contributed by atoms with E-state index in [1.807, 2.05) is 35.7 Å². The predicted molar refractivity (Wildman–Crippen MR) is 139 cm³/mol. The van der Waals surface area contributed by atoms with Gasteiger partial charge in [0.15, 0.2) is 0 Å². The Hall–Kier alpha value is -3.24. The maximum atomic E-state index is 12.8. The van der Waals surface area contributed by atoms with Crippen LogP contribution in [0, 0.1) is 11.3 Å². The number of aromatic nitrogens is 1. The first-order valence-electron chi connectivity index (χ1n) is 10.3. The molecule has 0 saturated carbocycles. The summed E-state index contributed by atoms with van der Waals surface area (Å²) in [4.78, 5) is 18.5. The average Bonchev–Trinajstić information content (AvgIpc) is 3.48. The molecule has 0 bridgehead atoms. The molecule has 1 N–H and O–H groups in total. The van der Waals surface area contributed by atoms with Crippen molar-refractivity contribution in [3.8, 4) is 16.6 Å². The maximum Gasteiger partial charge on any atom is 0.256 e. The van der Waals surface area contributed by atoms with Gasteiger partial charge in [0.05, 0.1) is 10.5 Å². The summed E-state index contributed by atoms with van der Waals surface area (Å²) in [5.41, 5.74) is 3.76. The van der Waals surface area contributed by atoms with Crippen LogP contribution in [0.1, 0.15) is 46.3 Å². The molecule has 4 nitrogen and oxygen atoms in total. The largest absolute Gasteiger partial charge is 0.312 e. The van der Waals surface area contributed by atoms with Crippen molar-refractivity contribution < 1.29 is 4.79 Å². The zero-order chi connectivity index (χ0) is 23.4. The van der Waals surface area contributed by atoms with E-state index in [0.29, 0.717) is 37.8 Å². The third-order valence-corrected chi connectivity index (χ3v) is 7.11. The number of carbonyl (C=O) groups is 1. The molecule has 4 rings (SSSR count). The standard InChI is InChI=1S/C26H20ClN3OS2/c1-16(2)18-7-5-17(6-8-18)14-20(15-28)25-29-23(22-4-3-13-32-22)26(33-25)30-24(31)19-9-11-21(27)12-10-19/h3-14,16H,1-2H3,(H,30,31). The summed E-state index contributed by atoms with van der Waals surface area (Å²) in [6.45, 7) is 4.29. The minimum Gasteiger partial charge on any atom is -0.312 e. The molecule has 0 fully saturated rings. The lowest BCUT2D eigenvalue weighted by Crippen LogP contribution is -2.11. The van der Waals surface area contributed by atoms with Gasteiger partial charge in [-0.2, -0.15) is 5.26 Å². The molecular formula is C26H20ClN3OS2. The van der Waals surface area contributed by atoms with Crippen molar-refractivity contribution in [1.29, 1.82) is 5.26 Å².